The first kappa shape index (κ1) is 11.7. The maximum absolute atomic E-state index is 13.0. The van der Waals surface area contributed by atoms with Gasteiger partial charge >= 0.3 is 11.1 Å². The van der Waals surface area contributed by atoms with Crippen molar-refractivity contribution >= 4 is 34.6 Å². The SMILES string of the molecule is O=C(Cl)NSc1cccc(F)c1[N+](=O)[O-]. The maximum Gasteiger partial charge on any atom is 0.323 e. The molecule has 1 rings (SSSR count). The van der Waals surface area contributed by atoms with Crippen LogP contribution in [0.25, 0.3) is 0 Å². The van der Waals surface area contributed by atoms with Crippen molar-refractivity contribution in [2.75, 3.05) is 0 Å². The zero-order valence-electron chi connectivity index (χ0n) is 7.07. The molecule has 0 atom stereocenters. The molecule has 15 heavy (non-hydrogen) atoms. The summed E-state index contributed by atoms with van der Waals surface area (Å²) in [4.78, 5) is 20.0. The number of benzene rings is 1. The van der Waals surface area contributed by atoms with Crippen molar-refractivity contribution < 1.29 is 14.1 Å². The molecule has 0 unspecified atom stereocenters. The fourth-order valence-corrected chi connectivity index (χ4v) is 1.57. The van der Waals surface area contributed by atoms with Crippen LogP contribution in [0.1, 0.15) is 0 Å². The predicted octanol–water partition coefficient (Wildman–Crippen LogP) is 2.69. The Hall–Kier alpha value is -1.34. The Morgan fingerprint density at radius 3 is 2.80 bits per heavy atom. The molecule has 0 fully saturated rings. The van der Waals surface area contributed by atoms with Gasteiger partial charge in [0.25, 0.3) is 0 Å². The first-order chi connectivity index (χ1) is 7.02. The van der Waals surface area contributed by atoms with Crippen LogP contribution in [-0.2, 0) is 0 Å². The number of carbonyl (C=O) groups excluding carboxylic acids is 1. The molecule has 0 saturated heterocycles. The van der Waals surface area contributed by atoms with E-state index in [0.717, 1.165) is 6.07 Å². The molecule has 0 heterocycles. The number of nitro groups is 1. The van der Waals surface area contributed by atoms with Crippen molar-refractivity contribution in [1.29, 1.82) is 0 Å². The lowest BCUT2D eigenvalue weighted by Gasteiger charge is -2.01. The first-order valence-electron chi connectivity index (χ1n) is 3.57. The van der Waals surface area contributed by atoms with E-state index in [1.54, 1.807) is 0 Å². The molecule has 1 amide bonds. The van der Waals surface area contributed by atoms with Crippen LogP contribution in [0.15, 0.2) is 23.1 Å². The van der Waals surface area contributed by atoms with Gasteiger partial charge in [-0.25, -0.2) is 0 Å². The van der Waals surface area contributed by atoms with E-state index in [9.17, 15) is 19.3 Å². The molecule has 5 nitrogen and oxygen atoms in total. The molecule has 1 aromatic carbocycles. The van der Waals surface area contributed by atoms with Crippen LogP contribution >= 0.6 is 23.5 Å². The molecular formula is C7H4ClFN2O3S. The quantitative estimate of drug-likeness (QED) is 0.294. The molecule has 0 bridgehead atoms. The predicted molar refractivity (Wildman–Crippen MR) is 53.3 cm³/mol. The van der Waals surface area contributed by atoms with Gasteiger partial charge in [-0.05, 0) is 35.7 Å². The number of halogens is 2. The zero-order valence-corrected chi connectivity index (χ0v) is 8.64. The highest BCUT2D eigenvalue weighted by Crippen LogP contribution is 2.29. The number of carbonyl (C=O) groups is 1. The van der Waals surface area contributed by atoms with Gasteiger partial charge < -0.3 is 0 Å². The monoisotopic (exact) mass is 250 g/mol. The summed E-state index contributed by atoms with van der Waals surface area (Å²) in [6, 6.07) is 3.56. The van der Waals surface area contributed by atoms with E-state index < -0.39 is 21.8 Å². The summed E-state index contributed by atoms with van der Waals surface area (Å²) in [6.45, 7) is 0. The molecule has 0 radical (unpaired) electrons. The number of amides is 1. The Morgan fingerprint density at radius 1 is 1.60 bits per heavy atom. The Kier molecular flexibility index (Phi) is 3.87. The molecule has 0 aliphatic carbocycles. The lowest BCUT2D eigenvalue weighted by molar-refractivity contribution is -0.390. The summed E-state index contributed by atoms with van der Waals surface area (Å²) in [5.41, 5.74) is -0.687. The molecular weight excluding hydrogens is 247 g/mol. The van der Waals surface area contributed by atoms with Crippen molar-refractivity contribution in [2.45, 2.75) is 4.90 Å². The van der Waals surface area contributed by atoms with Crippen LogP contribution in [0.3, 0.4) is 0 Å². The van der Waals surface area contributed by atoms with Crippen molar-refractivity contribution in [3.63, 3.8) is 0 Å². The van der Waals surface area contributed by atoms with Crippen molar-refractivity contribution in [3.05, 3.63) is 34.1 Å². The van der Waals surface area contributed by atoms with Crippen LogP contribution in [-0.4, -0.2) is 10.3 Å². The van der Waals surface area contributed by atoms with E-state index in [1.807, 2.05) is 0 Å². The molecule has 0 aliphatic rings. The second-order valence-corrected chi connectivity index (χ2v) is 3.51. The Bertz CT molecular complexity index is 415. The summed E-state index contributed by atoms with van der Waals surface area (Å²) in [6.07, 6.45) is 0. The van der Waals surface area contributed by atoms with Gasteiger partial charge in [-0.2, -0.15) is 4.39 Å². The summed E-state index contributed by atoms with van der Waals surface area (Å²) >= 11 is 5.55. The van der Waals surface area contributed by atoms with Gasteiger partial charge in [0.15, 0.2) is 0 Å². The van der Waals surface area contributed by atoms with Gasteiger partial charge in [0.05, 0.1) is 4.92 Å². The Labute approximate surface area is 92.9 Å². The standard InChI is InChI=1S/C7H4ClFN2O3S/c8-7(12)10-15-5-3-1-2-4(9)6(5)11(13)14/h1-3H,(H,10,12). The third-order valence-corrected chi connectivity index (χ3v) is 2.42. The van der Waals surface area contributed by atoms with E-state index in [2.05, 4.69) is 4.72 Å². The topological polar surface area (TPSA) is 72.2 Å². The molecule has 8 heteroatoms. The maximum atomic E-state index is 13.0. The number of nitrogens with one attached hydrogen (secondary N) is 1. The second-order valence-electron chi connectivity index (χ2n) is 2.32. The average Bonchev–Trinajstić information content (AvgIpc) is 2.13. The van der Waals surface area contributed by atoms with E-state index >= 15 is 0 Å². The summed E-state index contributed by atoms with van der Waals surface area (Å²) in [5, 5.41) is 9.60. The van der Waals surface area contributed by atoms with Crippen LogP contribution in [0.5, 0.6) is 0 Å². The van der Waals surface area contributed by atoms with Gasteiger partial charge in [-0.1, -0.05) is 6.07 Å². The summed E-state index contributed by atoms with van der Waals surface area (Å²) in [7, 11) is 0. The number of rotatable bonds is 3. The molecule has 1 N–H and O–H groups in total. The van der Waals surface area contributed by atoms with Crippen LogP contribution in [0.2, 0.25) is 0 Å². The highest BCUT2D eigenvalue weighted by molar-refractivity contribution is 7.98. The van der Waals surface area contributed by atoms with Gasteiger partial charge in [0.2, 0.25) is 5.82 Å². The molecule has 0 spiro atoms. The third kappa shape index (κ3) is 3.07. The second kappa shape index (κ2) is 4.94. The Balaban J connectivity index is 3.01. The lowest BCUT2D eigenvalue weighted by Crippen LogP contribution is -2.06. The number of hydrogen-bond donors (Lipinski definition) is 1. The number of para-hydroxylation sites is 1. The van der Waals surface area contributed by atoms with Gasteiger partial charge in [-0.15, -0.1) is 0 Å². The third-order valence-electron chi connectivity index (χ3n) is 1.37. The highest BCUT2D eigenvalue weighted by Gasteiger charge is 2.20. The largest absolute Gasteiger partial charge is 0.323 e. The molecule has 80 valence electrons. The van der Waals surface area contributed by atoms with Crippen LogP contribution < -0.4 is 4.72 Å². The number of hydrogen-bond acceptors (Lipinski definition) is 4. The van der Waals surface area contributed by atoms with Crippen LogP contribution in [0.4, 0.5) is 14.9 Å². The average molecular weight is 251 g/mol. The Morgan fingerprint density at radius 2 is 2.27 bits per heavy atom. The lowest BCUT2D eigenvalue weighted by atomic mass is 10.3. The van der Waals surface area contributed by atoms with Crippen molar-refractivity contribution in [3.8, 4) is 0 Å². The van der Waals surface area contributed by atoms with Crippen molar-refractivity contribution in [2.24, 2.45) is 0 Å². The van der Waals surface area contributed by atoms with Gasteiger partial charge in [-0.3, -0.25) is 19.6 Å². The minimum absolute atomic E-state index is 0.0194. The zero-order chi connectivity index (χ0) is 11.4. The molecule has 0 aromatic heterocycles. The van der Waals surface area contributed by atoms with E-state index in [-0.39, 0.29) is 4.90 Å². The van der Waals surface area contributed by atoms with Crippen LogP contribution in [0, 0.1) is 15.9 Å². The molecule has 1 aromatic rings. The number of nitro benzene ring substituents is 1. The van der Waals surface area contributed by atoms with Gasteiger partial charge in [0.1, 0.15) is 4.90 Å². The summed E-state index contributed by atoms with van der Waals surface area (Å²) < 4.78 is 15.1. The molecule has 0 saturated carbocycles. The normalized spacial score (nSPS) is 9.73. The van der Waals surface area contributed by atoms with Crippen molar-refractivity contribution in [1.82, 2.24) is 4.72 Å². The van der Waals surface area contributed by atoms with E-state index in [4.69, 9.17) is 11.6 Å². The summed E-state index contributed by atoms with van der Waals surface area (Å²) in [5.74, 6) is -0.964. The van der Waals surface area contributed by atoms with E-state index in [0.29, 0.717) is 11.9 Å². The first-order valence-corrected chi connectivity index (χ1v) is 4.77. The van der Waals surface area contributed by atoms with Gasteiger partial charge in [0, 0.05) is 0 Å². The highest BCUT2D eigenvalue weighted by atomic mass is 35.5. The smallest absolute Gasteiger partial charge is 0.282 e. The minimum atomic E-state index is -0.964. The molecule has 0 aliphatic heterocycles. The number of nitrogens with zero attached hydrogens (tertiary/aromatic N) is 1. The minimum Gasteiger partial charge on any atom is -0.282 e. The fourth-order valence-electron chi connectivity index (χ4n) is 0.850. The van der Waals surface area contributed by atoms with E-state index in [1.165, 1.54) is 12.1 Å². The fraction of sp³-hybridized carbons (Fsp3) is 0.